The van der Waals surface area contributed by atoms with Crippen LogP contribution in [0.3, 0.4) is 0 Å². The van der Waals surface area contributed by atoms with Crippen LogP contribution in [0.25, 0.3) is 11.4 Å². The molecule has 0 saturated carbocycles. The smallest absolute Gasteiger partial charge is 0.281 e. The van der Waals surface area contributed by atoms with Gasteiger partial charge >= 0.3 is 0 Å². The van der Waals surface area contributed by atoms with Gasteiger partial charge in [0, 0.05) is 58.6 Å². The van der Waals surface area contributed by atoms with Crippen LogP contribution in [-0.4, -0.2) is 95.4 Å². The Morgan fingerprint density at radius 3 is 2.19 bits per heavy atom. The molecule has 0 amide bonds. The molecule has 2 aliphatic heterocycles. The highest BCUT2D eigenvalue weighted by Gasteiger charge is 2.25. The van der Waals surface area contributed by atoms with E-state index in [1.165, 1.54) is 6.20 Å². The van der Waals surface area contributed by atoms with E-state index in [2.05, 4.69) is 29.8 Å². The number of nitrogens with two attached hydrogens (primary N) is 2. The molecule has 4 heterocycles. The number of morpholine rings is 1. The maximum atomic E-state index is 13.6. The second kappa shape index (κ2) is 9.58. The van der Waals surface area contributed by atoms with Gasteiger partial charge in [-0.15, -0.1) is 0 Å². The first-order valence-corrected chi connectivity index (χ1v) is 10.2. The molecule has 0 radical (unpaired) electrons. The van der Waals surface area contributed by atoms with Crippen molar-refractivity contribution in [2.45, 2.75) is 6.43 Å². The van der Waals surface area contributed by atoms with Crippen LogP contribution in [0.15, 0.2) is 6.20 Å². The number of rotatable bonds is 6. The minimum atomic E-state index is -2.84. The molecule has 2 aromatic heterocycles. The van der Waals surface area contributed by atoms with Crippen LogP contribution in [-0.2, 0) is 4.74 Å². The predicted molar refractivity (Wildman–Crippen MR) is 111 cm³/mol. The second-order valence-electron chi connectivity index (χ2n) is 7.30. The van der Waals surface area contributed by atoms with Crippen LogP contribution in [0.1, 0.15) is 12.1 Å². The standard InChI is InChI=1S/C18H26F2N10O/c19-14(20)13-12(11-23-16(22)24-13)15-25-17(29-5-3-28(2-1-21)4-6-29)27-18(26-15)30-7-9-31-10-8-30/h11,14H,1-10,21H2,(H2,22,23,24). The van der Waals surface area contributed by atoms with Gasteiger partial charge in [-0.05, 0) is 0 Å². The van der Waals surface area contributed by atoms with E-state index in [1.807, 2.05) is 9.80 Å². The van der Waals surface area contributed by atoms with Crippen LogP contribution in [0.5, 0.6) is 0 Å². The molecule has 2 fully saturated rings. The van der Waals surface area contributed by atoms with Crippen molar-refractivity contribution in [3.8, 4) is 11.4 Å². The van der Waals surface area contributed by atoms with E-state index in [1.54, 1.807) is 0 Å². The molecule has 2 saturated heterocycles. The summed E-state index contributed by atoms with van der Waals surface area (Å²) < 4.78 is 32.7. The summed E-state index contributed by atoms with van der Waals surface area (Å²) in [6.45, 7) is 6.76. The molecule has 0 bridgehead atoms. The number of piperazine rings is 1. The van der Waals surface area contributed by atoms with Gasteiger partial charge < -0.3 is 26.0 Å². The largest absolute Gasteiger partial charge is 0.378 e. The molecule has 31 heavy (non-hydrogen) atoms. The predicted octanol–water partition coefficient (Wildman–Crippen LogP) is -0.234. The molecule has 13 heteroatoms. The van der Waals surface area contributed by atoms with Gasteiger partial charge in [0.1, 0.15) is 5.69 Å². The van der Waals surface area contributed by atoms with Crippen LogP contribution < -0.4 is 21.3 Å². The number of hydrogen-bond acceptors (Lipinski definition) is 11. The molecule has 4 rings (SSSR count). The average molecular weight is 436 g/mol. The summed E-state index contributed by atoms with van der Waals surface area (Å²) in [5, 5.41) is 0. The van der Waals surface area contributed by atoms with Crippen LogP contribution in [0, 0.1) is 0 Å². The molecule has 2 aromatic rings. The second-order valence-corrected chi connectivity index (χ2v) is 7.30. The van der Waals surface area contributed by atoms with Gasteiger partial charge in [-0.3, -0.25) is 4.90 Å². The molecule has 2 aliphatic rings. The number of nitrogen functional groups attached to an aromatic ring is 1. The van der Waals surface area contributed by atoms with Crippen LogP contribution in [0.2, 0.25) is 0 Å². The highest BCUT2D eigenvalue weighted by atomic mass is 19.3. The molecule has 0 atom stereocenters. The van der Waals surface area contributed by atoms with Crippen molar-refractivity contribution in [1.29, 1.82) is 0 Å². The topological polar surface area (TPSA) is 135 Å². The number of halogens is 2. The zero-order valence-corrected chi connectivity index (χ0v) is 17.1. The summed E-state index contributed by atoms with van der Waals surface area (Å²) >= 11 is 0. The number of hydrogen-bond donors (Lipinski definition) is 2. The maximum Gasteiger partial charge on any atom is 0.281 e. The van der Waals surface area contributed by atoms with Crippen molar-refractivity contribution in [1.82, 2.24) is 29.8 Å². The van der Waals surface area contributed by atoms with Crippen LogP contribution in [0.4, 0.5) is 26.6 Å². The number of nitrogens with zero attached hydrogens (tertiary/aromatic N) is 8. The summed E-state index contributed by atoms with van der Waals surface area (Å²) in [5.41, 5.74) is 10.7. The lowest BCUT2D eigenvalue weighted by Crippen LogP contribution is -2.48. The van der Waals surface area contributed by atoms with Gasteiger partial charge in [0.25, 0.3) is 6.43 Å². The number of aromatic nitrogens is 5. The third-order valence-electron chi connectivity index (χ3n) is 5.29. The fourth-order valence-corrected chi connectivity index (χ4v) is 3.62. The molecule has 0 aromatic carbocycles. The Hall–Kier alpha value is -2.77. The molecule has 0 unspecified atom stereocenters. The summed E-state index contributed by atoms with van der Waals surface area (Å²) in [6.07, 6.45) is -1.60. The lowest BCUT2D eigenvalue weighted by Gasteiger charge is -2.35. The fourth-order valence-electron chi connectivity index (χ4n) is 3.62. The van der Waals surface area contributed by atoms with Gasteiger partial charge in [-0.2, -0.15) is 15.0 Å². The minimum Gasteiger partial charge on any atom is -0.378 e. The Labute approximate surface area is 178 Å². The van der Waals surface area contributed by atoms with E-state index in [4.69, 9.17) is 16.2 Å². The quantitative estimate of drug-likeness (QED) is 0.621. The molecule has 4 N–H and O–H groups in total. The molecule has 168 valence electrons. The number of alkyl halides is 2. The molecular weight excluding hydrogens is 410 g/mol. The normalized spacial score (nSPS) is 18.1. The zero-order valence-electron chi connectivity index (χ0n) is 17.1. The van der Waals surface area contributed by atoms with Gasteiger partial charge in [-0.25, -0.2) is 18.7 Å². The Morgan fingerprint density at radius 1 is 0.935 bits per heavy atom. The first-order valence-electron chi connectivity index (χ1n) is 10.2. The monoisotopic (exact) mass is 436 g/mol. The molecular formula is C18H26F2N10O. The van der Waals surface area contributed by atoms with Crippen molar-refractivity contribution in [3.05, 3.63) is 11.9 Å². The summed E-state index contributed by atoms with van der Waals surface area (Å²) in [4.78, 5) is 27.5. The Bertz CT molecular complexity index is 888. The molecule has 0 aliphatic carbocycles. The third-order valence-corrected chi connectivity index (χ3v) is 5.29. The van der Waals surface area contributed by atoms with E-state index in [0.29, 0.717) is 57.8 Å². The Balaban J connectivity index is 1.71. The van der Waals surface area contributed by atoms with Gasteiger partial charge in [0.2, 0.25) is 17.8 Å². The summed E-state index contributed by atoms with van der Waals surface area (Å²) in [5.74, 6) is 0.740. The van der Waals surface area contributed by atoms with E-state index in [0.717, 1.165) is 19.6 Å². The van der Waals surface area contributed by atoms with Crippen molar-refractivity contribution in [2.24, 2.45) is 5.73 Å². The fraction of sp³-hybridized carbons (Fsp3) is 0.611. The maximum absolute atomic E-state index is 13.6. The first-order chi connectivity index (χ1) is 15.0. The lowest BCUT2D eigenvalue weighted by atomic mass is 10.2. The number of ether oxygens (including phenoxy) is 1. The lowest BCUT2D eigenvalue weighted by molar-refractivity contribution is 0.122. The van der Waals surface area contributed by atoms with E-state index in [9.17, 15) is 8.78 Å². The van der Waals surface area contributed by atoms with E-state index < -0.39 is 12.1 Å². The van der Waals surface area contributed by atoms with Gasteiger partial charge in [-0.1, -0.05) is 0 Å². The number of anilines is 3. The highest BCUT2D eigenvalue weighted by Crippen LogP contribution is 2.29. The molecule has 0 spiro atoms. The highest BCUT2D eigenvalue weighted by molar-refractivity contribution is 5.61. The molecule has 11 nitrogen and oxygen atoms in total. The summed E-state index contributed by atoms with van der Waals surface area (Å²) in [7, 11) is 0. The summed E-state index contributed by atoms with van der Waals surface area (Å²) in [6, 6.07) is 0. The SMILES string of the molecule is NCCN1CCN(c2nc(-c3cnc(N)nc3C(F)F)nc(N3CCOCC3)n2)CC1. The average Bonchev–Trinajstić information content (AvgIpc) is 2.80. The third kappa shape index (κ3) is 4.94. The first kappa shape index (κ1) is 21.5. The van der Waals surface area contributed by atoms with Crippen LogP contribution >= 0.6 is 0 Å². The zero-order chi connectivity index (χ0) is 21.8. The van der Waals surface area contributed by atoms with Crippen molar-refractivity contribution in [3.63, 3.8) is 0 Å². The van der Waals surface area contributed by atoms with Gasteiger partial charge in [0.05, 0.1) is 18.8 Å². The van der Waals surface area contributed by atoms with E-state index >= 15 is 0 Å². The minimum absolute atomic E-state index is 0.0455. The van der Waals surface area contributed by atoms with Crippen molar-refractivity contribution >= 4 is 17.8 Å². The Morgan fingerprint density at radius 2 is 1.58 bits per heavy atom. The Kier molecular flexibility index (Phi) is 6.63. The van der Waals surface area contributed by atoms with Crippen molar-refractivity contribution < 1.29 is 13.5 Å². The van der Waals surface area contributed by atoms with E-state index in [-0.39, 0.29) is 17.3 Å². The van der Waals surface area contributed by atoms with Gasteiger partial charge in [0.15, 0.2) is 5.82 Å². The van der Waals surface area contributed by atoms with Crippen molar-refractivity contribution in [2.75, 3.05) is 81.1 Å².